The number of carbonyl (C=O) groups is 3. The molecule has 2 aliphatic carbocycles. The summed E-state index contributed by atoms with van der Waals surface area (Å²) in [4.78, 5) is 46.4. The number of H-pyrrole nitrogens is 1. The van der Waals surface area contributed by atoms with E-state index in [0.717, 1.165) is 38.5 Å². The number of nitrogens with zero attached hydrogens (tertiary/aromatic N) is 3. The Kier molecular flexibility index (Phi) is 8.04. The molecule has 2 saturated carbocycles. The fourth-order valence-electron chi connectivity index (χ4n) is 5.13. The summed E-state index contributed by atoms with van der Waals surface area (Å²) in [6.07, 6.45) is 9.71. The molecule has 0 bridgehead atoms. The topological polar surface area (TPSA) is 152 Å². The Balaban J connectivity index is 1.25. The molecule has 2 atom stereocenters. The van der Waals surface area contributed by atoms with Gasteiger partial charge in [-0.15, -0.1) is 0 Å². The number of oxazole rings is 1. The molecule has 39 heavy (non-hydrogen) atoms. The molecule has 206 valence electrons. The fraction of sp³-hybridized carbons (Fsp3) is 0.500. The summed E-state index contributed by atoms with van der Waals surface area (Å²) in [5.41, 5.74) is 1.26. The number of esters is 1. The Morgan fingerprint density at radius 1 is 1.08 bits per heavy atom. The van der Waals surface area contributed by atoms with Crippen LogP contribution in [0.25, 0.3) is 22.8 Å². The van der Waals surface area contributed by atoms with Crippen LogP contribution in [0.1, 0.15) is 79.5 Å². The van der Waals surface area contributed by atoms with Gasteiger partial charge in [0, 0.05) is 17.2 Å². The SMILES string of the molecule is COC(=O)[C@H](CC1CCCCC1)NC(=O)c1cnc(-c2cccc(-c3n[nH]c(C(=O)N[C@@H](C)C4CC4)n3)c2)o1. The Morgan fingerprint density at radius 3 is 2.59 bits per heavy atom. The van der Waals surface area contributed by atoms with Crippen molar-refractivity contribution in [3.63, 3.8) is 0 Å². The van der Waals surface area contributed by atoms with Crippen molar-refractivity contribution >= 4 is 17.8 Å². The van der Waals surface area contributed by atoms with Crippen molar-refractivity contribution in [1.82, 2.24) is 30.8 Å². The molecule has 2 heterocycles. The van der Waals surface area contributed by atoms with Gasteiger partial charge in [-0.2, -0.15) is 5.10 Å². The predicted molar refractivity (Wildman–Crippen MR) is 141 cm³/mol. The third-order valence-electron chi connectivity index (χ3n) is 7.57. The molecule has 3 aromatic rings. The fourth-order valence-corrected chi connectivity index (χ4v) is 5.13. The van der Waals surface area contributed by atoms with Gasteiger partial charge in [0.1, 0.15) is 6.04 Å². The van der Waals surface area contributed by atoms with Crippen molar-refractivity contribution in [3.05, 3.63) is 42.0 Å². The van der Waals surface area contributed by atoms with E-state index < -0.39 is 17.9 Å². The predicted octanol–water partition coefficient (Wildman–Crippen LogP) is 3.90. The van der Waals surface area contributed by atoms with Crippen molar-refractivity contribution in [1.29, 1.82) is 0 Å². The number of ether oxygens (including phenoxy) is 1. The van der Waals surface area contributed by atoms with Gasteiger partial charge in [-0.05, 0) is 50.2 Å². The van der Waals surface area contributed by atoms with Gasteiger partial charge in [0.2, 0.25) is 17.5 Å². The van der Waals surface area contributed by atoms with E-state index in [-0.39, 0.29) is 29.4 Å². The third kappa shape index (κ3) is 6.52. The molecule has 3 N–H and O–H groups in total. The lowest BCUT2D eigenvalue weighted by atomic mass is 9.85. The highest BCUT2D eigenvalue weighted by atomic mass is 16.5. The summed E-state index contributed by atoms with van der Waals surface area (Å²) < 4.78 is 10.7. The second-order valence-corrected chi connectivity index (χ2v) is 10.5. The lowest BCUT2D eigenvalue weighted by molar-refractivity contribution is -0.143. The molecular weight excluding hydrogens is 500 g/mol. The molecule has 2 amide bonds. The maximum atomic E-state index is 12.9. The third-order valence-corrected chi connectivity index (χ3v) is 7.57. The molecule has 2 aliphatic rings. The maximum Gasteiger partial charge on any atom is 0.328 e. The van der Waals surface area contributed by atoms with Gasteiger partial charge in [0.15, 0.2) is 5.82 Å². The van der Waals surface area contributed by atoms with E-state index in [1.807, 2.05) is 13.0 Å². The van der Waals surface area contributed by atoms with Gasteiger partial charge < -0.3 is 19.8 Å². The smallest absolute Gasteiger partial charge is 0.328 e. The van der Waals surface area contributed by atoms with Crippen LogP contribution >= 0.6 is 0 Å². The number of aromatic amines is 1. The Bertz CT molecular complexity index is 1320. The first-order valence-corrected chi connectivity index (χ1v) is 13.6. The lowest BCUT2D eigenvalue weighted by Crippen LogP contribution is -2.42. The summed E-state index contributed by atoms with van der Waals surface area (Å²) in [5.74, 6) is 0.348. The highest BCUT2D eigenvalue weighted by Gasteiger charge is 2.30. The Morgan fingerprint density at radius 2 is 1.85 bits per heavy atom. The minimum Gasteiger partial charge on any atom is -0.467 e. The first-order chi connectivity index (χ1) is 18.9. The number of hydrogen-bond acceptors (Lipinski definition) is 8. The first kappa shape index (κ1) is 26.6. The van der Waals surface area contributed by atoms with Crippen molar-refractivity contribution < 1.29 is 23.5 Å². The number of methoxy groups -OCH3 is 1. The molecule has 0 unspecified atom stereocenters. The highest BCUT2D eigenvalue weighted by molar-refractivity contribution is 5.94. The first-order valence-electron chi connectivity index (χ1n) is 13.6. The van der Waals surface area contributed by atoms with E-state index in [1.165, 1.54) is 19.7 Å². The maximum absolute atomic E-state index is 12.9. The summed E-state index contributed by atoms with van der Waals surface area (Å²) in [6, 6.07) is 6.51. The van der Waals surface area contributed by atoms with Crippen LogP contribution in [0.15, 0.2) is 34.9 Å². The number of aromatic nitrogens is 4. The van der Waals surface area contributed by atoms with Gasteiger partial charge in [0.05, 0.1) is 13.3 Å². The standard InChI is InChI=1S/C28H34N6O5/c1-16(18-11-12-18)30-26(36)24-32-23(33-34-24)19-9-6-10-20(14-19)27-29-15-22(39-27)25(35)31-21(28(37)38-2)13-17-7-4-3-5-8-17/h6,9-10,14-18,21H,3-5,7-8,11-13H2,1-2H3,(H,30,36)(H,31,35)(H,32,33,34)/t16-,21-/m0/s1. The summed E-state index contributed by atoms with van der Waals surface area (Å²) >= 11 is 0. The van der Waals surface area contributed by atoms with Crippen LogP contribution in [-0.2, 0) is 9.53 Å². The van der Waals surface area contributed by atoms with Crippen LogP contribution in [-0.4, -0.2) is 57.1 Å². The molecule has 2 fully saturated rings. The average molecular weight is 535 g/mol. The largest absolute Gasteiger partial charge is 0.467 e. The van der Waals surface area contributed by atoms with E-state index in [9.17, 15) is 14.4 Å². The van der Waals surface area contributed by atoms with Gasteiger partial charge in [-0.1, -0.05) is 44.2 Å². The summed E-state index contributed by atoms with van der Waals surface area (Å²) in [6.45, 7) is 1.99. The molecule has 0 spiro atoms. The normalized spacial score (nSPS) is 17.3. The second-order valence-electron chi connectivity index (χ2n) is 10.5. The molecule has 0 radical (unpaired) electrons. The molecule has 11 heteroatoms. The second kappa shape index (κ2) is 11.8. The van der Waals surface area contributed by atoms with E-state index in [4.69, 9.17) is 9.15 Å². The quantitative estimate of drug-likeness (QED) is 0.331. The molecule has 2 aromatic heterocycles. The molecule has 5 rings (SSSR count). The van der Waals surface area contributed by atoms with E-state index >= 15 is 0 Å². The van der Waals surface area contributed by atoms with Crippen LogP contribution in [0, 0.1) is 11.8 Å². The van der Waals surface area contributed by atoms with Crippen LogP contribution in [0.2, 0.25) is 0 Å². The average Bonchev–Trinajstić information content (AvgIpc) is 3.48. The number of nitrogens with one attached hydrogen (secondary N) is 3. The summed E-state index contributed by atoms with van der Waals surface area (Å²) in [7, 11) is 1.32. The van der Waals surface area contributed by atoms with E-state index in [0.29, 0.717) is 35.2 Å². The van der Waals surface area contributed by atoms with Crippen LogP contribution in [0.3, 0.4) is 0 Å². The Hall–Kier alpha value is -4.02. The van der Waals surface area contributed by atoms with Crippen LogP contribution in [0.5, 0.6) is 0 Å². The van der Waals surface area contributed by atoms with Gasteiger partial charge >= 0.3 is 5.97 Å². The lowest BCUT2D eigenvalue weighted by Gasteiger charge is -2.25. The van der Waals surface area contributed by atoms with Crippen molar-refractivity contribution in [3.8, 4) is 22.8 Å². The van der Waals surface area contributed by atoms with Gasteiger partial charge in [-0.3, -0.25) is 14.7 Å². The minimum atomic E-state index is -0.744. The molecule has 0 saturated heterocycles. The highest BCUT2D eigenvalue weighted by Crippen LogP contribution is 2.32. The van der Waals surface area contributed by atoms with Gasteiger partial charge in [-0.25, -0.2) is 14.8 Å². The zero-order chi connectivity index (χ0) is 27.4. The number of carbonyl (C=O) groups excluding carboxylic acids is 3. The molecule has 0 aliphatic heterocycles. The molecule has 1 aromatic carbocycles. The number of benzene rings is 1. The van der Waals surface area contributed by atoms with Crippen molar-refractivity contribution in [2.24, 2.45) is 11.8 Å². The molecule has 11 nitrogen and oxygen atoms in total. The number of rotatable bonds is 10. The zero-order valence-electron chi connectivity index (χ0n) is 22.2. The Labute approximate surface area is 226 Å². The zero-order valence-corrected chi connectivity index (χ0v) is 22.2. The minimum absolute atomic E-state index is 0.00501. The summed E-state index contributed by atoms with van der Waals surface area (Å²) in [5, 5.41) is 12.6. The van der Waals surface area contributed by atoms with Crippen LogP contribution in [0.4, 0.5) is 0 Å². The van der Waals surface area contributed by atoms with E-state index in [1.54, 1.807) is 18.2 Å². The van der Waals surface area contributed by atoms with Crippen molar-refractivity contribution in [2.45, 2.75) is 70.4 Å². The van der Waals surface area contributed by atoms with Gasteiger partial charge in [0.25, 0.3) is 11.8 Å². The van der Waals surface area contributed by atoms with Crippen LogP contribution < -0.4 is 10.6 Å². The number of hydrogen-bond donors (Lipinski definition) is 3. The van der Waals surface area contributed by atoms with Crippen molar-refractivity contribution in [2.75, 3.05) is 7.11 Å². The number of amides is 2. The monoisotopic (exact) mass is 534 g/mol. The molecular formula is C28H34N6O5. The van der Waals surface area contributed by atoms with E-state index in [2.05, 4.69) is 30.8 Å².